The van der Waals surface area contributed by atoms with Crippen LogP contribution in [0.15, 0.2) is 0 Å². The zero-order valence-electron chi connectivity index (χ0n) is 6.19. The molecule has 0 heterocycles. The van der Waals surface area contributed by atoms with Crippen LogP contribution in [0, 0.1) is 0 Å². The first kappa shape index (κ1) is 11.2. The Morgan fingerprint density at radius 2 is 1.62 bits per heavy atom. The molecule has 0 aromatic rings. The van der Waals surface area contributed by atoms with E-state index in [1.54, 1.807) is 0 Å². The van der Waals surface area contributed by atoms with Gasteiger partial charge in [0.1, 0.15) is 0 Å². The quantitative estimate of drug-likeness (QED) is 0.489. The third kappa shape index (κ3) is 9.65. The van der Waals surface area contributed by atoms with Crippen molar-refractivity contribution < 1.29 is 0 Å². The summed E-state index contributed by atoms with van der Waals surface area (Å²) < 4.78 is 0.467. The topological polar surface area (TPSA) is 0 Å². The molecule has 0 fully saturated rings. The molecule has 0 bridgehead atoms. The van der Waals surface area contributed by atoms with Gasteiger partial charge in [0.25, 0.3) is 0 Å². The van der Waals surface area contributed by atoms with Gasteiger partial charge in [-0.3, -0.25) is 0 Å². The van der Waals surface area contributed by atoms with Crippen LogP contribution in [0.4, 0.5) is 0 Å². The second-order valence-corrected chi connectivity index (χ2v) is 4.64. The molecule has 0 spiro atoms. The van der Waals surface area contributed by atoms with E-state index >= 15 is 0 Å². The predicted molar refractivity (Wildman–Crippen MR) is 43.6 cm³/mol. The maximum atomic E-state index is 2.24. The monoisotopic (exact) mass is 129 g/mol. The van der Waals surface area contributed by atoms with Gasteiger partial charge in [-0.25, -0.2) is 0 Å². The van der Waals surface area contributed by atoms with Crippen molar-refractivity contribution in [1.29, 1.82) is 0 Å². The highest BCUT2D eigenvalue weighted by atomic mass is 32.2. The Morgan fingerprint density at radius 1 is 1.25 bits per heavy atom. The zero-order valence-corrected chi connectivity index (χ0v) is 7.01. The highest BCUT2D eigenvalue weighted by Gasteiger charge is 2.06. The minimum Gasteiger partial charge on any atom is -0.156 e. The van der Waals surface area contributed by atoms with E-state index < -0.39 is 0 Å². The molecule has 0 saturated heterocycles. The second-order valence-electron chi connectivity index (χ2n) is 2.55. The maximum Gasteiger partial charge on any atom is 0.00749 e. The summed E-state index contributed by atoms with van der Waals surface area (Å²) in [5.41, 5.74) is 0. The SMILES string of the molecule is CCSC(C)(C)C.[B]. The normalized spacial score (nSPS) is 10.5. The molecule has 0 aliphatic rings. The third-order valence-electron chi connectivity index (χ3n) is 0.577. The van der Waals surface area contributed by atoms with Crippen LogP contribution in [-0.2, 0) is 0 Å². The van der Waals surface area contributed by atoms with Gasteiger partial charge >= 0.3 is 0 Å². The third-order valence-corrected chi connectivity index (χ3v) is 1.73. The lowest BCUT2D eigenvalue weighted by Crippen LogP contribution is -2.06. The Kier molecular flexibility index (Phi) is 6.06. The summed E-state index contributed by atoms with van der Waals surface area (Å²) in [4.78, 5) is 0. The van der Waals surface area contributed by atoms with Crippen molar-refractivity contribution in [2.45, 2.75) is 32.4 Å². The molecule has 47 valence electrons. The molecular formula is C6H14BS. The number of thioether (sulfide) groups is 1. The Morgan fingerprint density at radius 3 is 1.62 bits per heavy atom. The average Bonchev–Trinajstić information content (AvgIpc) is 1.30. The molecule has 0 N–H and O–H groups in total. The molecule has 3 radical (unpaired) electrons. The summed E-state index contributed by atoms with van der Waals surface area (Å²) in [7, 11) is 0. The molecule has 0 nitrogen and oxygen atoms in total. The molecule has 0 saturated carbocycles. The van der Waals surface area contributed by atoms with Crippen molar-refractivity contribution >= 4 is 20.2 Å². The Balaban J connectivity index is 0. The molecule has 0 rings (SSSR count). The van der Waals surface area contributed by atoms with E-state index in [1.807, 2.05) is 11.8 Å². The predicted octanol–water partition coefficient (Wildman–Crippen LogP) is 2.16. The van der Waals surface area contributed by atoms with Crippen LogP contribution in [0.3, 0.4) is 0 Å². The Labute approximate surface area is 59.0 Å². The van der Waals surface area contributed by atoms with Gasteiger partial charge in [-0.2, -0.15) is 11.8 Å². The standard InChI is InChI=1S/C6H14S.B/c1-5-7-6(2,3)4;/h5H2,1-4H3;. The minimum absolute atomic E-state index is 0. The lowest BCUT2D eigenvalue weighted by molar-refractivity contribution is 0.803. The van der Waals surface area contributed by atoms with Crippen molar-refractivity contribution in [3.63, 3.8) is 0 Å². The van der Waals surface area contributed by atoms with Gasteiger partial charge in [-0.15, -0.1) is 0 Å². The fraction of sp³-hybridized carbons (Fsp3) is 1.00. The molecular weight excluding hydrogens is 115 g/mol. The van der Waals surface area contributed by atoms with E-state index in [0.29, 0.717) is 4.75 Å². The number of hydrogen-bond donors (Lipinski definition) is 0. The van der Waals surface area contributed by atoms with E-state index in [1.165, 1.54) is 5.75 Å². The minimum atomic E-state index is 0. The fourth-order valence-electron chi connectivity index (χ4n) is 0.433. The summed E-state index contributed by atoms with van der Waals surface area (Å²) in [6.45, 7) is 8.90. The van der Waals surface area contributed by atoms with Crippen LogP contribution in [0.1, 0.15) is 27.7 Å². The van der Waals surface area contributed by atoms with Gasteiger partial charge in [-0.05, 0) is 5.75 Å². The van der Waals surface area contributed by atoms with E-state index in [4.69, 9.17) is 0 Å². The van der Waals surface area contributed by atoms with Crippen molar-refractivity contribution in [3.8, 4) is 0 Å². The van der Waals surface area contributed by atoms with Crippen LogP contribution >= 0.6 is 11.8 Å². The van der Waals surface area contributed by atoms with Crippen LogP contribution in [0.5, 0.6) is 0 Å². The first-order chi connectivity index (χ1) is 3.06. The smallest absolute Gasteiger partial charge is 0.00749 e. The molecule has 0 aromatic carbocycles. The maximum absolute atomic E-state index is 2.24. The summed E-state index contributed by atoms with van der Waals surface area (Å²) in [5, 5.41) is 0. The van der Waals surface area contributed by atoms with Crippen LogP contribution in [0.25, 0.3) is 0 Å². The van der Waals surface area contributed by atoms with Gasteiger partial charge in [0.15, 0.2) is 0 Å². The molecule has 0 aromatic heterocycles. The van der Waals surface area contributed by atoms with E-state index in [2.05, 4.69) is 27.7 Å². The lowest BCUT2D eigenvalue weighted by Gasteiger charge is -2.14. The fourth-order valence-corrected chi connectivity index (χ4v) is 1.30. The summed E-state index contributed by atoms with van der Waals surface area (Å²) in [5.74, 6) is 1.23. The molecule has 0 aliphatic carbocycles. The number of hydrogen-bond acceptors (Lipinski definition) is 1. The van der Waals surface area contributed by atoms with Crippen molar-refractivity contribution in [3.05, 3.63) is 0 Å². The van der Waals surface area contributed by atoms with Gasteiger partial charge < -0.3 is 0 Å². The van der Waals surface area contributed by atoms with E-state index in [0.717, 1.165) is 0 Å². The molecule has 0 unspecified atom stereocenters. The summed E-state index contributed by atoms with van der Waals surface area (Å²) in [6, 6.07) is 0. The zero-order chi connectivity index (χ0) is 5.91. The Bertz CT molecular complexity index is 47.0. The number of rotatable bonds is 1. The van der Waals surface area contributed by atoms with Crippen molar-refractivity contribution in [2.24, 2.45) is 0 Å². The largest absolute Gasteiger partial charge is 0.156 e. The van der Waals surface area contributed by atoms with Crippen molar-refractivity contribution in [1.82, 2.24) is 0 Å². The molecule has 0 amide bonds. The first-order valence-corrected chi connectivity index (χ1v) is 3.69. The highest BCUT2D eigenvalue weighted by molar-refractivity contribution is 8.00. The Hall–Kier alpha value is 0.415. The van der Waals surface area contributed by atoms with E-state index in [9.17, 15) is 0 Å². The summed E-state index contributed by atoms with van der Waals surface area (Å²) >= 11 is 1.99. The van der Waals surface area contributed by atoms with Crippen LogP contribution < -0.4 is 0 Å². The van der Waals surface area contributed by atoms with Crippen molar-refractivity contribution in [2.75, 3.05) is 5.75 Å². The van der Waals surface area contributed by atoms with Gasteiger partial charge in [-0.1, -0.05) is 27.7 Å². The molecule has 2 heteroatoms. The molecule has 0 aliphatic heterocycles. The van der Waals surface area contributed by atoms with Crippen LogP contribution in [0.2, 0.25) is 0 Å². The van der Waals surface area contributed by atoms with E-state index in [-0.39, 0.29) is 8.41 Å². The second kappa shape index (κ2) is 4.31. The average molecular weight is 129 g/mol. The summed E-state index contributed by atoms with van der Waals surface area (Å²) in [6.07, 6.45) is 0. The van der Waals surface area contributed by atoms with Gasteiger partial charge in [0, 0.05) is 13.2 Å². The first-order valence-electron chi connectivity index (χ1n) is 2.70. The van der Waals surface area contributed by atoms with Crippen LogP contribution in [-0.4, -0.2) is 18.9 Å². The molecule has 8 heavy (non-hydrogen) atoms. The molecule has 0 atom stereocenters. The lowest BCUT2D eigenvalue weighted by atomic mass is 10.3. The van der Waals surface area contributed by atoms with Gasteiger partial charge in [0.05, 0.1) is 0 Å². The van der Waals surface area contributed by atoms with Gasteiger partial charge in [0.2, 0.25) is 0 Å². The highest BCUT2D eigenvalue weighted by Crippen LogP contribution is 2.21.